The maximum atomic E-state index is 9.15. The van der Waals surface area contributed by atoms with E-state index in [-0.39, 0.29) is 6.23 Å². The van der Waals surface area contributed by atoms with Gasteiger partial charge in [0.2, 0.25) is 0 Å². The van der Waals surface area contributed by atoms with Gasteiger partial charge in [0.1, 0.15) is 12.0 Å². The summed E-state index contributed by atoms with van der Waals surface area (Å²) in [6, 6.07) is 7.28. The zero-order valence-electron chi connectivity index (χ0n) is 8.94. The summed E-state index contributed by atoms with van der Waals surface area (Å²) in [4.78, 5) is 0. The van der Waals surface area contributed by atoms with Gasteiger partial charge in [0.25, 0.3) is 0 Å². The largest absolute Gasteiger partial charge is 0.508 e. The summed E-state index contributed by atoms with van der Waals surface area (Å²) in [5.41, 5.74) is 1.18. The number of phenolic OH excluding ortho intramolecular Hbond substituents is 1. The van der Waals surface area contributed by atoms with Crippen molar-refractivity contribution < 1.29 is 9.84 Å². The molecule has 1 saturated heterocycles. The van der Waals surface area contributed by atoms with Crippen molar-refractivity contribution in [3.05, 3.63) is 29.8 Å². The van der Waals surface area contributed by atoms with Crippen LogP contribution in [0.5, 0.6) is 5.75 Å². The Morgan fingerprint density at radius 2 is 2.13 bits per heavy atom. The number of hydrogen-bond donors (Lipinski definition) is 2. The van der Waals surface area contributed by atoms with E-state index >= 15 is 0 Å². The molecular formula is C12H17NO2. The molecular weight excluding hydrogens is 190 g/mol. The van der Waals surface area contributed by atoms with Crippen LogP contribution in [-0.4, -0.2) is 24.5 Å². The molecule has 0 radical (unpaired) electrons. The highest BCUT2D eigenvalue weighted by Crippen LogP contribution is 2.13. The van der Waals surface area contributed by atoms with E-state index in [1.54, 1.807) is 12.1 Å². The van der Waals surface area contributed by atoms with Crippen molar-refractivity contribution in [1.29, 1.82) is 0 Å². The Morgan fingerprint density at radius 1 is 1.40 bits per heavy atom. The van der Waals surface area contributed by atoms with E-state index in [0.29, 0.717) is 11.7 Å². The molecule has 0 amide bonds. The van der Waals surface area contributed by atoms with Gasteiger partial charge >= 0.3 is 0 Å². The highest BCUT2D eigenvalue weighted by atomic mass is 16.5. The molecule has 0 spiro atoms. The molecule has 0 bridgehead atoms. The molecule has 15 heavy (non-hydrogen) atoms. The molecule has 0 saturated carbocycles. The standard InChI is InChI=1S/C12H17NO2/c1-9-7-13-12(15-8-9)6-10-2-4-11(14)5-3-10/h2-5,9,12-14H,6-8H2,1H3. The van der Waals surface area contributed by atoms with E-state index in [1.807, 2.05) is 12.1 Å². The van der Waals surface area contributed by atoms with Gasteiger partial charge in [-0.3, -0.25) is 5.32 Å². The minimum absolute atomic E-state index is 0.116. The minimum atomic E-state index is 0.116. The molecule has 1 fully saturated rings. The lowest BCUT2D eigenvalue weighted by molar-refractivity contribution is -0.0228. The Balaban J connectivity index is 1.89. The first-order valence-corrected chi connectivity index (χ1v) is 5.37. The van der Waals surface area contributed by atoms with Gasteiger partial charge in [-0.25, -0.2) is 0 Å². The van der Waals surface area contributed by atoms with Crippen LogP contribution in [0.3, 0.4) is 0 Å². The van der Waals surface area contributed by atoms with Crippen LogP contribution in [0.25, 0.3) is 0 Å². The van der Waals surface area contributed by atoms with Crippen LogP contribution in [0.2, 0.25) is 0 Å². The molecule has 2 rings (SSSR count). The highest BCUT2D eigenvalue weighted by Gasteiger charge is 2.17. The molecule has 0 aromatic heterocycles. The van der Waals surface area contributed by atoms with Gasteiger partial charge in [-0.2, -0.15) is 0 Å². The number of rotatable bonds is 2. The Bertz CT molecular complexity index is 302. The maximum absolute atomic E-state index is 9.15. The monoisotopic (exact) mass is 207 g/mol. The van der Waals surface area contributed by atoms with Crippen molar-refractivity contribution in [2.24, 2.45) is 5.92 Å². The van der Waals surface area contributed by atoms with Gasteiger partial charge in [-0.1, -0.05) is 19.1 Å². The summed E-state index contributed by atoms with van der Waals surface area (Å²) < 4.78 is 5.65. The van der Waals surface area contributed by atoms with Crippen molar-refractivity contribution in [3.8, 4) is 5.75 Å². The predicted molar refractivity (Wildman–Crippen MR) is 58.7 cm³/mol. The zero-order valence-corrected chi connectivity index (χ0v) is 8.94. The molecule has 3 nitrogen and oxygen atoms in total. The molecule has 2 N–H and O–H groups in total. The van der Waals surface area contributed by atoms with E-state index in [0.717, 1.165) is 19.6 Å². The average Bonchev–Trinajstić information content (AvgIpc) is 2.25. The molecule has 3 heteroatoms. The summed E-state index contributed by atoms with van der Waals surface area (Å²) in [7, 11) is 0. The van der Waals surface area contributed by atoms with Gasteiger partial charge in [0.05, 0.1) is 6.61 Å². The van der Waals surface area contributed by atoms with Crippen LogP contribution in [0.4, 0.5) is 0 Å². The fraction of sp³-hybridized carbons (Fsp3) is 0.500. The molecule has 2 atom stereocenters. The first kappa shape index (κ1) is 10.5. The predicted octanol–water partition coefficient (Wildman–Crippen LogP) is 1.52. The van der Waals surface area contributed by atoms with Gasteiger partial charge < -0.3 is 9.84 Å². The van der Waals surface area contributed by atoms with Crippen LogP contribution in [0.1, 0.15) is 12.5 Å². The Morgan fingerprint density at radius 3 is 2.73 bits per heavy atom. The number of hydrogen-bond acceptors (Lipinski definition) is 3. The van der Waals surface area contributed by atoms with Crippen molar-refractivity contribution in [2.45, 2.75) is 19.6 Å². The SMILES string of the molecule is CC1CNC(Cc2ccc(O)cc2)OC1. The van der Waals surface area contributed by atoms with Crippen molar-refractivity contribution in [1.82, 2.24) is 5.32 Å². The maximum Gasteiger partial charge on any atom is 0.115 e. The number of nitrogens with one attached hydrogen (secondary N) is 1. The third-order valence-corrected chi connectivity index (χ3v) is 2.63. The lowest BCUT2D eigenvalue weighted by atomic mass is 10.1. The molecule has 0 aliphatic carbocycles. The van der Waals surface area contributed by atoms with Gasteiger partial charge in [0, 0.05) is 13.0 Å². The lowest BCUT2D eigenvalue weighted by Crippen LogP contribution is -2.43. The molecule has 82 valence electrons. The lowest BCUT2D eigenvalue weighted by Gasteiger charge is -2.28. The quantitative estimate of drug-likeness (QED) is 0.772. The first-order chi connectivity index (χ1) is 7.24. The fourth-order valence-corrected chi connectivity index (χ4v) is 1.71. The van der Waals surface area contributed by atoms with E-state index in [2.05, 4.69) is 12.2 Å². The highest BCUT2D eigenvalue weighted by molar-refractivity contribution is 5.26. The molecule has 2 unspecified atom stereocenters. The smallest absolute Gasteiger partial charge is 0.115 e. The van der Waals surface area contributed by atoms with Crippen molar-refractivity contribution in [3.63, 3.8) is 0 Å². The minimum Gasteiger partial charge on any atom is -0.508 e. The summed E-state index contributed by atoms with van der Waals surface area (Å²) in [5.74, 6) is 0.908. The summed E-state index contributed by atoms with van der Waals surface area (Å²) in [5, 5.41) is 12.5. The van der Waals surface area contributed by atoms with E-state index < -0.39 is 0 Å². The second-order valence-electron chi connectivity index (χ2n) is 4.21. The molecule has 1 heterocycles. The summed E-state index contributed by atoms with van der Waals surface area (Å²) in [6.07, 6.45) is 0.971. The Hall–Kier alpha value is -1.06. The van der Waals surface area contributed by atoms with Crippen molar-refractivity contribution >= 4 is 0 Å². The van der Waals surface area contributed by atoms with Crippen LogP contribution in [-0.2, 0) is 11.2 Å². The fourth-order valence-electron chi connectivity index (χ4n) is 1.71. The van der Waals surface area contributed by atoms with E-state index in [4.69, 9.17) is 9.84 Å². The second-order valence-corrected chi connectivity index (χ2v) is 4.21. The zero-order chi connectivity index (χ0) is 10.7. The second kappa shape index (κ2) is 4.64. The Labute approximate surface area is 90.1 Å². The number of phenols is 1. The van der Waals surface area contributed by atoms with Gasteiger partial charge in [-0.05, 0) is 23.6 Å². The molecule has 1 aliphatic rings. The van der Waals surface area contributed by atoms with Gasteiger partial charge in [0.15, 0.2) is 0 Å². The van der Waals surface area contributed by atoms with Crippen LogP contribution < -0.4 is 5.32 Å². The summed E-state index contributed by atoms with van der Waals surface area (Å²) >= 11 is 0. The topological polar surface area (TPSA) is 41.5 Å². The third kappa shape index (κ3) is 2.94. The molecule has 1 aromatic rings. The Kier molecular flexibility index (Phi) is 3.23. The van der Waals surface area contributed by atoms with Crippen LogP contribution in [0, 0.1) is 5.92 Å². The van der Waals surface area contributed by atoms with Gasteiger partial charge in [-0.15, -0.1) is 0 Å². The van der Waals surface area contributed by atoms with Crippen LogP contribution >= 0.6 is 0 Å². The summed E-state index contributed by atoms with van der Waals surface area (Å²) in [6.45, 7) is 4.02. The van der Waals surface area contributed by atoms with Crippen molar-refractivity contribution in [2.75, 3.05) is 13.2 Å². The molecule has 1 aliphatic heterocycles. The van der Waals surface area contributed by atoms with E-state index in [9.17, 15) is 0 Å². The molecule has 1 aromatic carbocycles. The third-order valence-electron chi connectivity index (χ3n) is 2.63. The number of ether oxygens (including phenoxy) is 1. The first-order valence-electron chi connectivity index (χ1n) is 5.37. The van der Waals surface area contributed by atoms with Crippen LogP contribution in [0.15, 0.2) is 24.3 Å². The number of benzene rings is 1. The van der Waals surface area contributed by atoms with E-state index in [1.165, 1.54) is 5.56 Å². The number of aromatic hydroxyl groups is 1. The average molecular weight is 207 g/mol. The normalized spacial score (nSPS) is 26.5.